The highest BCUT2D eigenvalue weighted by Crippen LogP contribution is 2.36. The number of pyridine rings is 1. The van der Waals surface area contributed by atoms with E-state index >= 15 is 0 Å². The van der Waals surface area contributed by atoms with Gasteiger partial charge in [0.05, 0.1) is 35.4 Å². The largest absolute Gasteiger partial charge is 0.393 e. The summed E-state index contributed by atoms with van der Waals surface area (Å²) in [5, 5.41) is 20.0. The van der Waals surface area contributed by atoms with Crippen molar-refractivity contribution in [1.29, 1.82) is 0 Å². The van der Waals surface area contributed by atoms with Crippen molar-refractivity contribution in [1.82, 2.24) is 30.0 Å². The summed E-state index contributed by atoms with van der Waals surface area (Å²) in [6, 6.07) is 8.87. The van der Waals surface area contributed by atoms with Gasteiger partial charge in [0.2, 0.25) is 0 Å². The lowest BCUT2D eigenvalue weighted by atomic mass is 9.91. The molecule has 1 unspecified atom stereocenters. The van der Waals surface area contributed by atoms with E-state index in [2.05, 4.69) is 37.0 Å². The Hall–Kier alpha value is -3.82. The predicted molar refractivity (Wildman–Crippen MR) is 135 cm³/mol. The summed E-state index contributed by atoms with van der Waals surface area (Å²) < 4.78 is 1.98. The van der Waals surface area contributed by atoms with Crippen LogP contribution in [-0.4, -0.2) is 48.6 Å². The first-order chi connectivity index (χ1) is 17.6. The number of nitrogens with one attached hydrogen (secondary N) is 3. The number of aliphatic hydroxyl groups is 1. The van der Waals surface area contributed by atoms with Crippen LogP contribution < -0.4 is 16.0 Å². The zero-order valence-corrected chi connectivity index (χ0v) is 19.7. The molecule has 4 aromatic rings. The monoisotopic (exact) mass is 481 g/mol. The third-order valence-electron chi connectivity index (χ3n) is 7.83. The molecule has 3 aromatic heterocycles. The smallest absolute Gasteiger partial charge is 0.254 e. The van der Waals surface area contributed by atoms with Crippen LogP contribution >= 0.6 is 0 Å². The number of aromatic nitrogens is 4. The molecule has 3 aliphatic rings. The molecular weight excluding hydrogens is 454 g/mol. The molecule has 0 spiro atoms. The van der Waals surface area contributed by atoms with E-state index in [0.29, 0.717) is 35.9 Å². The molecule has 7 rings (SSSR count). The molecule has 6 heterocycles. The highest BCUT2D eigenvalue weighted by Gasteiger charge is 2.39. The van der Waals surface area contributed by atoms with Crippen molar-refractivity contribution < 1.29 is 9.90 Å². The van der Waals surface area contributed by atoms with Gasteiger partial charge in [0, 0.05) is 42.8 Å². The van der Waals surface area contributed by atoms with E-state index in [9.17, 15) is 9.90 Å². The topological polar surface area (TPSA) is 116 Å². The Morgan fingerprint density at radius 1 is 1.08 bits per heavy atom. The number of benzene rings is 1. The van der Waals surface area contributed by atoms with E-state index in [-0.39, 0.29) is 12.0 Å². The zero-order chi connectivity index (χ0) is 24.2. The van der Waals surface area contributed by atoms with Crippen LogP contribution in [0, 0.1) is 5.92 Å². The van der Waals surface area contributed by atoms with Crippen LogP contribution in [0.5, 0.6) is 0 Å². The highest BCUT2D eigenvalue weighted by atomic mass is 16.3. The Morgan fingerprint density at radius 2 is 2.03 bits per heavy atom. The lowest BCUT2D eigenvalue weighted by molar-refractivity contribution is 0.0966. The summed E-state index contributed by atoms with van der Waals surface area (Å²) in [4.78, 5) is 26.0. The second-order valence-corrected chi connectivity index (χ2v) is 10.1. The zero-order valence-electron chi connectivity index (χ0n) is 19.7. The lowest BCUT2D eigenvalue weighted by Gasteiger charge is -2.27. The van der Waals surface area contributed by atoms with Crippen LogP contribution in [0.15, 0.2) is 55.2 Å². The molecule has 4 N–H and O–H groups in total. The number of hydrogen-bond donors (Lipinski definition) is 4. The van der Waals surface area contributed by atoms with Gasteiger partial charge in [0.15, 0.2) is 5.65 Å². The van der Waals surface area contributed by atoms with E-state index in [1.54, 1.807) is 12.4 Å². The minimum Gasteiger partial charge on any atom is -0.393 e. The number of carbonyl (C=O) groups excluding carboxylic acids is 1. The van der Waals surface area contributed by atoms with Crippen molar-refractivity contribution in [3.63, 3.8) is 0 Å². The first-order valence-corrected chi connectivity index (χ1v) is 12.5. The maximum atomic E-state index is 12.8. The minimum atomic E-state index is -0.175. The van der Waals surface area contributed by atoms with Crippen LogP contribution in [0.2, 0.25) is 0 Å². The highest BCUT2D eigenvalue weighted by molar-refractivity contribution is 6.06. The Kier molecular flexibility index (Phi) is 5.00. The van der Waals surface area contributed by atoms with Gasteiger partial charge in [0.25, 0.3) is 5.91 Å². The third-order valence-corrected chi connectivity index (χ3v) is 7.83. The number of nitrogens with zero attached hydrogens (tertiary/aromatic N) is 4. The van der Waals surface area contributed by atoms with Crippen molar-refractivity contribution in [3.05, 3.63) is 71.9 Å². The number of carbonyl (C=O) groups is 1. The summed E-state index contributed by atoms with van der Waals surface area (Å²) in [6.45, 7) is 0.468. The molecule has 9 nitrogen and oxygen atoms in total. The molecule has 0 aliphatic carbocycles. The average molecular weight is 482 g/mol. The van der Waals surface area contributed by atoms with Gasteiger partial charge in [-0.2, -0.15) is 0 Å². The molecule has 4 atom stereocenters. The van der Waals surface area contributed by atoms with Gasteiger partial charge in [-0.05, 0) is 54.9 Å². The van der Waals surface area contributed by atoms with Crippen LogP contribution in [0.3, 0.4) is 0 Å². The van der Waals surface area contributed by atoms with Crippen molar-refractivity contribution in [2.45, 2.75) is 50.4 Å². The average Bonchev–Trinajstić information content (AvgIpc) is 3.56. The van der Waals surface area contributed by atoms with Gasteiger partial charge in [-0.1, -0.05) is 12.1 Å². The first-order valence-electron chi connectivity index (χ1n) is 12.5. The van der Waals surface area contributed by atoms with Gasteiger partial charge in [-0.15, -0.1) is 0 Å². The van der Waals surface area contributed by atoms with E-state index < -0.39 is 0 Å². The second kappa shape index (κ2) is 8.39. The van der Waals surface area contributed by atoms with Gasteiger partial charge in [-0.3, -0.25) is 14.2 Å². The molecule has 2 bridgehead atoms. The number of fused-ring (bicyclic) bond motifs is 4. The minimum absolute atomic E-state index is 0.0940. The van der Waals surface area contributed by atoms with E-state index in [1.807, 2.05) is 41.2 Å². The van der Waals surface area contributed by atoms with Crippen LogP contribution in [0.1, 0.15) is 40.7 Å². The molecule has 2 fully saturated rings. The van der Waals surface area contributed by atoms with E-state index in [1.165, 1.54) is 5.56 Å². The maximum absolute atomic E-state index is 12.8. The van der Waals surface area contributed by atoms with E-state index in [0.717, 1.165) is 53.8 Å². The Morgan fingerprint density at radius 3 is 2.92 bits per heavy atom. The molecule has 0 saturated carbocycles. The number of anilines is 2. The molecule has 2 saturated heterocycles. The summed E-state index contributed by atoms with van der Waals surface area (Å²) in [6.07, 6.45) is 12.6. The van der Waals surface area contributed by atoms with Crippen LogP contribution in [-0.2, 0) is 13.0 Å². The van der Waals surface area contributed by atoms with Gasteiger partial charge >= 0.3 is 0 Å². The Labute approximate surface area is 208 Å². The fourth-order valence-electron chi connectivity index (χ4n) is 6.20. The molecule has 1 amide bonds. The molecule has 9 heteroatoms. The van der Waals surface area contributed by atoms with Crippen LogP contribution in [0.25, 0.3) is 16.9 Å². The number of amides is 1. The van der Waals surface area contributed by atoms with Gasteiger partial charge in [0.1, 0.15) is 5.82 Å². The lowest BCUT2D eigenvalue weighted by Crippen LogP contribution is -2.41. The van der Waals surface area contributed by atoms with Gasteiger partial charge < -0.3 is 21.1 Å². The quantitative estimate of drug-likeness (QED) is 0.346. The van der Waals surface area contributed by atoms with Gasteiger partial charge in [-0.25, -0.2) is 9.97 Å². The molecular formula is C27H27N7O2. The van der Waals surface area contributed by atoms with Crippen molar-refractivity contribution in [2.75, 3.05) is 5.32 Å². The van der Waals surface area contributed by atoms with Crippen molar-refractivity contribution in [2.24, 2.45) is 5.92 Å². The molecule has 182 valence electrons. The standard InChI is InChI=1S/C27H27N7O2/c35-18-9-17-8-16(22(10-18)32-17)7-15-1-4-24(29-11-15)33-21-3-2-19(20-12-31-27(36)26(20)21)23-13-30-25-14-28-5-6-34(23)25/h1-6,11,13-14,16-18,22,32,35H,7-10,12H2,(H,29,33)(H,31,36)/t16?,17-,18+,22-/m0/s1. The second-order valence-electron chi connectivity index (χ2n) is 10.1. The summed E-state index contributed by atoms with van der Waals surface area (Å²) >= 11 is 0. The van der Waals surface area contributed by atoms with Crippen molar-refractivity contribution >= 4 is 23.1 Å². The fourth-order valence-corrected chi connectivity index (χ4v) is 6.20. The molecule has 0 radical (unpaired) electrons. The number of rotatable bonds is 5. The van der Waals surface area contributed by atoms with E-state index in [4.69, 9.17) is 0 Å². The SMILES string of the molecule is O=C1NCc2c(-c3cnc4cnccn34)ccc(Nc3ccc(CC4C[C@H]5C[C@@H](O)C[C@@H]4N5)cn3)c21. The number of imidazole rings is 1. The molecule has 36 heavy (non-hydrogen) atoms. The predicted octanol–water partition coefficient (Wildman–Crippen LogP) is 2.82. The normalized spacial score (nSPS) is 24.6. The van der Waals surface area contributed by atoms with Crippen molar-refractivity contribution in [3.8, 4) is 11.3 Å². The number of aliphatic hydroxyl groups excluding tert-OH is 1. The first kappa shape index (κ1) is 21.5. The molecule has 1 aromatic carbocycles. The Balaban J connectivity index is 1.13. The summed E-state index contributed by atoms with van der Waals surface area (Å²) in [7, 11) is 0. The number of hydrogen-bond acceptors (Lipinski definition) is 7. The summed E-state index contributed by atoms with van der Waals surface area (Å²) in [5.74, 6) is 1.14. The number of piperidine rings is 1. The molecule has 3 aliphatic heterocycles. The fraction of sp³-hybridized carbons (Fsp3) is 0.333. The Bertz CT molecular complexity index is 1470. The maximum Gasteiger partial charge on any atom is 0.254 e. The summed E-state index contributed by atoms with van der Waals surface area (Å²) in [5.41, 5.74) is 6.17. The van der Waals surface area contributed by atoms with Crippen LogP contribution in [0.4, 0.5) is 11.5 Å². The third kappa shape index (κ3) is 3.63.